The molecule has 1 aliphatic heterocycles. The summed E-state index contributed by atoms with van der Waals surface area (Å²) < 4.78 is 0. The van der Waals surface area contributed by atoms with Gasteiger partial charge >= 0.3 is 6.03 Å². The topological polar surface area (TPSA) is 65.5 Å². The Bertz CT molecular complexity index is 884. The van der Waals surface area contributed by atoms with E-state index in [4.69, 9.17) is 0 Å². The lowest BCUT2D eigenvalue weighted by molar-refractivity contribution is -0.132. The third-order valence-corrected chi connectivity index (χ3v) is 6.28. The first-order valence-corrected chi connectivity index (χ1v) is 10.3. The van der Waals surface area contributed by atoms with Crippen LogP contribution in [0.1, 0.15) is 31.0 Å². The van der Waals surface area contributed by atoms with Crippen LogP contribution < -0.4 is 5.32 Å². The van der Waals surface area contributed by atoms with Crippen molar-refractivity contribution in [3.05, 3.63) is 59.9 Å². The van der Waals surface area contributed by atoms with Crippen molar-refractivity contribution in [3.63, 3.8) is 0 Å². The van der Waals surface area contributed by atoms with Gasteiger partial charge in [0.1, 0.15) is 0 Å². The monoisotopic (exact) mass is 392 g/mol. The number of urea groups is 1. The number of nitrogens with zero attached hydrogens (tertiary/aromatic N) is 3. The van der Waals surface area contributed by atoms with Gasteiger partial charge in [-0.25, -0.2) is 4.79 Å². The molecule has 2 aromatic rings. The molecule has 4 rings (SSSR count). The second-order valence-electron chi connectivity index (χ2n) is 8.29. The number of rotatable bonds is 5. The highest BCUT2D eigenvalue weighted by Gasteiger charge is 2.61. The van der Waals surface area contributed by atoms with E-state index >= 15 is 0 Å². The average Bonchev–Trinajstić information content (AvgIpc) is 3.27. The molecule has 6 heteroatoms. The molecule has 2 aliphatic rings. The fourth-order valence-corrected chi connectivity index (χ4v) is 4.32. The van der Waals surface area contributed by atoms with Gasteiger partial charge in [0.2, 0.25) is 5.91 Å². The van der Waals surface area contributed by atoms with E-state index in [2.05, 4.69) is 17.2 Å². The predicted octanol–water partition coefficient (Wildman–Crippen LogP) is 3.55. The van der Waals surface area contributed by atoms with Gasteiger partial charge in [-0.05, 0) is 49.1 Å². The van der Waals surface area contributed by atoms with Crippen molar-refractivity contribution in [3.8, 4) is 0 Å². The van der Waals surface area contributed by atoms with Crippen LogP contribution in [0.25, 0.3) is 0 Å². The molecule has 6 nitrogen and oxygen atoms in total. The lowest BCUT2D eigenvalue weighted by Crippen LogP contribution is -2.34. The minimum absolute atomic E-state index is 0.0119. The van der Waals surface area contributed by atoms with Crippen molar-refractivity contribution >= 4 is 17.6 Å². The lowest BCUT2D eigenvalue weighted by atomic mass is 10.0. The van der Waals surface area contributed by atoms with Gasteiger partial charge in [0.05, 0.1) is 12.2 Å². The molecule has 1 spiro atoms. The van der Waals surface area contributed by atoms with Crippen molar-refractivity contribution in [2.45, 2.75) is 32.7 Å². The maximum atomic E-state index is 12.9. The molecule has 29 heavy (non-hydrogen) atoms. The zero-order valence-electron chi connectivity index (χ0n) is 17.1. The van der Waals surface area contributed by atoms with Crippen LogP contribution in [-0.4, -0.2) is 46.9 Å². The van der Waals surface area contributed by atoms with E-state index in [9.17, 15) is 9.59 Å². The number of hydrogen-bond donors (Lipinski definition) is 1. The fraction of sp³-hybridized carbons (Fsp3) is 0.435. The molecule has 1 saturated heterocycles. The smallest absolute Gasteiger partial charge is 0.321 e. The predicted molar refractivity (Wildman–Crippen MR) is 112 cm³/mol. The van der Waals surface area contributed by atoms with Crippen molar-refractivity contribution in [2.75, 3.05) is 25.5 Å². The fourth-order valence-electron chi connectivity index (χ4n) is 4.32. The van der Waals surface area contributed by atoms with Crippen LogP contribution >= 0.6 is 0 Å². The van der Waals surface area contributed by atoms with Crippen LogP contribution in [0.3, 0.4) is 0 Å². The quantitative estimate of drug-likeness (QED) is 0.846. The molecule has 0 unspecified atom stereocenters. The van der Waals surface area contributed by atoms with Crippen LogP contribution in [-0.2, 0) is 17.8 Å². The van der Waals surface area contributed by atoms with E-state index in [0.29, 0.717) is 19.6 Å². The summed E-state index contributed by atoms with van der Waals surface area (Å²) in [5.41, 5.74) is 2.90. The molecule has 1 aromatic heterocycles. The van der Waals surface area contributed by atoms with Crippen LogP contribution in [0.2, 0.25) is 0 Å². The highest BCUT2D eigenvalue weighted by atomic mass is 16.2. The minimum Gasteiger partial charge on any atom is -0.340 e. The Morgan fingerprint density at radius 1 is 1.24 bits per heavy atom. The van der Waals surface area contributed by atoms with Gasteiger partial charge in [-0.3, -0.25) is 9.78 Å². The van der Waals surface area contributed by atoms with Gasteiger partial charge in [-0.15, -0.1) is 0 Å². The first-order valence-electron chi connectivity index (χ1n) is 10.3. The Hall–Kier alpha value is -2.89. The molecule has 1 aliphatic carbocycles. The van der Waals surface area contributed by atoms with E-state index in [0.717, 1.165) is 30.6 Å². The minimum atomic E-state index is -0.0777. The standard InChI is InChI=1S/C23H28N4O2/c1-3-17-7-9-18(10-8-17)25-22(29)27-13-11-23(16-27)14-20(23)21(28)26(2)15-19-6-4-5-12-24-19/h4-10,12,20H,3,11,13-16H2,1-2H3,(H,25,29)/t20-,23+/m1/s1. The number of anilines is 1. The second kappa shape index (κ2) is 7.85. The molecule has 1 saturated carbocycles. The summed E-state index contributed by atoms with van der Waals surface area (Å²) in [5.74, 6) is 0.172. The highest BCUT2D eigenvalue weighted by Crippen LogP contribution is 2.59. The van der Waals surface area contributed by atoms with Gasteiger partial charge in [-0.1, -0.05) is 25.1 Å². The molecular formula is C23H28N4O2. The van der Waals surface area contributed by atoms with Crippen molar-refractivity contribution < 1.29 is 9.59 Å². The maximum absolute atomic E-state index is 12.9. The molecule has 3 amide bonds. The molecule has 2 heterocycles. The van der Waals surface area contributed by atoms with Crippen LogP contribution in [0.15, 0.2) is 48.7 Å². The normalized spacial score (nSPS) is 22.6. The number of carbonyl (C=O) groups is 2. The number of aryl methyl sites for hydroxylation is 1. The maximum Gasteiger partial charge on any atom is 0.321 e. The van der Waals surface area contributed by atoms with Gasteiger partial charge < -0.3 is 15.1 Å². The van der Waals surface area contributed by atoms with Gasteiger partial charge in [-0.2, -0.15) is 0 Å². The Labute approximate surface area is 171 Å². The Morgan fingerprint density at radius 3 is 2.72 bits per heavy atom. The Kier molecular flexibility index (Phi) is 5.26. The molecule has 2 atom stereocenters. The first kappa shape index (κ1) is 19.4. The number of benzene rings is 1. The summed E-state index contributed by atoms with van der Waals surface area (Å²) in [6.45, 7) is 3.98. The molecule has 152 valence electrons. The van der Waals surface area contributed by atoms with E-state index in [-0.39, 0.29) is 23.3 Å². The number of nitrogens with one attached hydrogen (secondary N) is 1. The van der Waals surface area contributed by atoms with Crippen molar-refractivity contribution in [1.29, 1.82) is 0 Å². The first-order chi connectivity index (χ1) is 14.0. The zero-order valence-corrected chi connectivity index (χ0v) is 17.1. The lowest BCUT2D eigenvalue weighted by Gasteiger charge is -2.20. The molecule has 1 N–H and O–H groups in total. The summed E-state index contributed by atoms with van der Waals surface area (Å²) in [7, 11) is 1.84. The number of likely N-dealkylation sites (tertiary alicyclic amines) is 1. The Morgan fingerprint density at radius 2 is 2.03 bits per heavy atom. The number of carbonyl (C=O) groups excluding carboxylic acids is 2. The molecule has 0 bridgehead atoms. The number of pyridine rings is 1. The molecule has 0 radical (unpaired) electrons. The summed E-state index contributed by atoms with van der Waals surface area (Å²) >= 11 is 0. The summed E-state index contributed by atoms with van der Waals surface area (Å²) in [6, 6.07) is 13.6. The SMILES string of the molecule is CCc1ccc(NC(=O)N2CC[C@]3(C[C@@H]3C(=O)N(C)Cc3ccccn3)C2)cc1. The van der Waals surface area contributed by atoms with Crippen molar-refractivity contribution in [1.82, 2.24) is 14.8 Å². The summed E-state index contributed by atoms with van der Waals surface area (Å²) in [4.78, 5) is 33.4. The van der Waals surface area contributed by atoms with Crippen LogP contribution in [0, 0.1) is 11.3 Å². The average molecular weight is 393 g/mol. The molecule has 1 aromatic carbocycles. The summed E-state index contributed by atoms with van der Waals surface area (Å²) in [6.07, 6.45) is 4.49. The highest BCUT2D eigenvalue weighted by molar-refractivity contribution is 5.90. The van der Waals surface area contributed by atoms with Gasteiger partial charge in [0, 0.05) is 43.4 Å². The Balaban J connectivity index is 1.31. The largest absolute Gasteiger partial charge is 0.340 e. The third-order valence-electron chi connectivity index (χ3n) is 6.28. The van der Waals surface area contributed by atoms with Crippen molar-refractivity contribution in [2.24, 2.45) is 11.3 Å². The van der Waals surface area contributed by atoms with E-state index < -0.39 is 0 Å². The van der Waals surface area contributed by atoms with E-state index in [1.165, 1.54) is 5.56 Å². The van der Waals surface area contributed by atoms with Crippen LogP contribution in [0.4, 0.5) is 10.5 Å². The summed E-state index contributed by atoms with van der Waals surface area (Å²) in [5, 5.41) is 2.98. The number of aromatic nitrogens is 1. The molecule has 2 fully saturated rings. The second-order valence-corrected chi connectivity index (χ2v) is 8.29. The number of amides is 3. The van der Waals surface area contributed by atoms with Gasteiger partial charge in [0.25, 0.3) is 0 Å². The van der Waals surface area contributed by atoms with Gasteiger partial charge in [0.15, 0.2) is 0 Å². The van der Waals surface area contributed by atoms with E-state index in [1.54, 1.807) is 11.1 Å². The molecular weight excluding hydrogens is 364 g/mol. The zero-order chi connectivity index (χ0) is 20.4. The van der Waals surface area contributed by atoms with E-state index in [1.807, 2.05) is 54.4 Å². The van der Waals surface area contributed by atoms with Crippen LogP contribution in [0.5, 0.6) is 0 Å². The number of hydrogen-bond acceptors (Lipinski definition) is 3. The third kappa shape index (κ3) is 4.11.